The van der Waals surface area contributed by atoms with Gasteiger partial charge in [0.05, 0.1) is 5.82 Å². The third-order valence-corrected chi connectivity index (χ3v) is 8.24. The SMILES string of the molecule is CN1C=C2N([CH-]1)c1[c-]cccc1B1c3ccccc3-c3ccccc3N12.CN1[CH-]N(c2[c-]cccc2)c2ccccc21.[Ir]. The smallest absolute Gasteiger partial charge is 0.261 e. The monoisotopic (exact) mass is 734 g/mol. The van der Waals surface area contributed by atoms with Crippen LogP contribution in [0.2, 0.25) is 0 Å². The molecule has 0 aromatic heterocycles. The summed E-state index contributed by atoms with van der Waals surface area (Å²) in [4.78, 5) is 11.1. The first-order valence-corrected chi connectivity index (χ1v) is 14.2. The van der Waals surface area contributed by atoms with Crippen LogP contribution in [0.3, 0.4) is 0 Å². The van der Waals surface area contributed by atoms with Crippen LogP contribution in [0.15, 0.2) is 127 Å². The van der Waals surface area contributed by atoms with Crippen LogP contribution in [-0.2, 0) is 20.1 Å². The predicted octanol–water partition coefficient (Wildman–Crippen LogP) is 5.95. The first-order valence-electron chi connectivity index (χ1n) is 14.2. The molecule has 4 aliphatic rings. The maximum absolute atomic E-state index is 3.47. The van der Waals surface area contributed by atoms with Gasteiger partial charge in [0.2, 0.25) is 0 Å². The molecule has 5 aromatic rings. The number of anilines is 5. The van der Waals surface area contributed by atoms with Crippen molar-refractivity contribution in [2.45, 2.75) is 0 Å². The van der Waals surface area contributed by atoms with Gasteiger partial charge in [0, 0.05) is 48.9 Å². The van der Waals surface area contributed by atoms with Crippen molar-refractivity contribution in [1.82, 2.24) is 4.90 Å². The van der Waals surface area contributed by atoms with Crippen LogP contribution in [0.25, 0.3) is 11.1 Å². The van der Waals surface area contributed by atoms with Gasteiger partial charge < -0.3 is 24.4 Å². The fourth-order valence-corrected chi connectivity index (χ4v) is 6.46. The first-order chi connectivity index (χ1) is 20.7. The summed E-state index contributed by atoms with van der Waals surface area (Å²) in [5.41, 5.74) is 11.1. The molecule has 0 spiro atoms. The van der Waals surface area contributed by atoms with Crippen LogP contribution in [0.5, 0.6) is 0 Å². The Hall–Kier alpha value is -4.45. The van der Waals surface area contributed by atoms with E-state index in [4.69, 9.17) is 0 Å². The van der Waals surface area contributed by atoms with Gasteiger partial charge in [-0.1, -0.05) is 60.1 Å². The summed E-state index contributed by atoms with van der Waals surface area (Å²) in [6, 6.07) is 46.9. The number of benzene rings is 5. The predicted molar refractivity (Wildman–Crippen MR) is 174 cm³/mol. The average Bonchev–Trinajstić information content (AvgIpc) is 3.61. The number of rotatable bonds is 1. The molecule has 9 rings (SSSR count). The summed E-state index contributed by atoms with van der Waals surface area (Å²) >= 11 is 0. The fourth-order valence-electron chi connectivity index (χ4n) is 6.46. The Balaban J connectivity index is 0.000000153. The molecule has 4 heterocycles. The Morgan fingerprint density at radius 3 is 2.09 bits per heavy atom. The van der Waals surface area contributed by atoms with Crippen LogP contribution < -0.4 is 30.4 Å². The van der Waals surface area contributed by atoms with E-state index in [9.17, 15) is 0 Å². The third kappa shape index (κ3) is 4.43. The number of hydrogen-bond donors (Lipinski definition) is 0. The van der Waals surface area contributed by atoms with Crippen molar-refractivity contribution < 1.29 is 20.1 Å². The second-order valence-electron chi connectivity index (χ2n) is 10.8. The van der Waals surface area contributed by atoms with Gasteiger partial charge in [-0.25, -0.2) is 0 Å². The molecule has 213 valence electrons. The Kier molecular flexibility index (Phi) is 7.00. The van der Waals surface area contributed by atoms with Gasteiger partial charge in [0.25, 0.3) is 6.85 Å². The van der Waals surface area contributed by atoms with Crippen LogP contribution in [0, 0.1) is 25.5 Å². The zero-order chi connectivity index (χ0) is 28.2. The molecule has 0 saturated heterocycles. The average molecular weight is 734 g/mol. The van der Waals surface area contributed by atoms with Crippen LogP contribution >= 0.6 is 0 Å². The molecule has 4 aliphatic heterocycles. The van der Waals surface area contributed by atoms with Gasteiger partial charge >= 0.3 is 0 Å². The molecule has 43 heavy (non-hydrogen) atoms. The van der Waals surface area contributed by atoms with E-state index in [1.165, 1.54) is 44.9 Å². The molecule has 1 radical (unpaired) electrons. The maximum Gasteiger partial charge on any atom is 0.261 e. The van der Waals surface area contributed by atoms with E-state index >= 15 is 0 Å². The first kappa shape index (κ1) is 27.4. The summed E-state index contributed by atoms with van der Waals surface area (Å²) in [7, 11) is 4.13. The number of nitrogens with zero attached hydrogens (tertiary/aromatic N) is 5. The minimum Gasteiger partial charge on any atom is -0.509 e. The van der Waals surface area contributed by atoms with Gasteiger partial charge in [-0.05, 0) is 37.9 Å². The van der Waals surface area contributed by atoms with Crippen molar-refractivity contribution in [3.8, 4) is 11.1 Å². The van der Waals surface area contributed by atoms with E-state index in [-0.39, 0.29) is 27.0 Å². The minimum atomic E-state index is 0. The molecule has 7 heteroatoms. The van der Waals surface area contributed by atoms with Crippen LogP contribution in [0.4, 0.5) is 28.4 Å². The van der Waals surface area contributed by atoms with Crippen molar-refractivity contribution >= 4 is 46.2 Å². The molecule has 5 aromatic carbocycles. The van der Waals surface area contributed by atoms with Crippen LogP contribution in [-0.4, -0.2) is 25.8 Å². The molecular formula is C36H28BIrN5-4. The van der Waals surface area contributed by atoms with Gasteiger partial charge in [0.15, 0.2) is 0 Å². The van der Waals surface area contributed by atoms with E-state index in [1.807, 2.05) is 24.3 Å². The molecular weight excluding hydrogens is 705 g/mol. The normalized spacial score (nSPS) is 15.2. The van der Waals surface area contributed by atoms with E-state index in [0.29, 0.717) is 0 Å². The second kappa shape index (κ2) is 11.0. The van der Waals surface area contributed by atoms with Gasteiger partial charge in [-0.15, -0.1) is 16.8 Å². The fraction of sp³-hybridized carbons (Fsp3) is 0.0556. The minimum absolute atomic E-state index is 0. The molecule has 5 nitrogen and oxygen atoms in total. The Morgan fingerprint density at radius 1 is 0.605 bits per heavy atom. The molecule has 0 atom stereocenters. The second-order valence-corrected chi connectivity index (χ2v) is 10.8. The van der Waals surface area contributed by atoms with Crippen molar-refractivity contribution in [2.24, 2.45) is 0 Å². The zero-order valence-electron chi connectivity index (χ0n) is 23.8. The summed E-state index contributed by atoms with van der Waals surface area (Å²) in [5.74, 6) is 1.18. The van der Waals surface area contributed by atoms with E-state index in [1.54, 1.807) is 0 Å². The molecule has 0 N–H and O–H groups in total. The number of hydrogen-bond acceptors (Lipinski definition) is 5. The number of fused-ring (bicyclic) bond motifs is 12. The zero-order valence-corrected chi connectivity index (χ0v) is 26.2. The number of para-hydroxylation sites is 5. The Bertz CT molecular complexity index is 1830. The van der Waals surface area contributed by atoms with Gasteiger partial charge in [-0.2, -0.15) is 67.9 Å². The third-order valence-electron chi connectivity index (χ3n) is 8.24. The van der Waals surface area contributed by atoms with Gasteiger partial charge in [0.1, 0.15) is 0 Å². The van der Waals surface area contributed by atoms with Crippen LogP contribution in [0.1, 0.15) is 0 Å². The maximum atomic E-state index is 3.47. The molecule has 0 amide bonds. The molecule has 0 fully saturated rings. The molecule has 0 unspecified atom stereocenters. The van der Waals surface area contributed by atoms with E-state index in [2.05, 4.69) is 161 Å². The topological polar surface area (TPSA) is 16.2 Å². The largest absolute Gasteiger partial charge is 0.509 e. The Morgan fingerprint density at radius 2 is 1.28 bits per heavy atom. The summed E-state index contributed by atoms with van der Waals surface area (Å²) < 4.78 is 0. The van der Waals surface area contributed by atoms with Crippen molar-refractivity contribution in [3.63, 3.8) is 0 Å². The van der Waals surface area contributed by atoms with Gasteiger partial charge in [-0.3, -0.25) is 0 Å². The molecule has 0 bridgehead atoms. The summed E-state index contributed by atoms with van der Waals surface area (Å²) in [5, 5.41) is 0. The van der Waals surface area contributed by atoms with Crippen molar-refractivity contribution in [2.75, 3.05) is 33.6 Å². The van der Waals surface area contributed by atoms with Crippen molar-refractivity contribution in [1.29, 1.82) is 0 Å². The Labute approximate surface area is 267 Å². The standard InChI is InChI=1S/C22H16BN3.C14H12N2.Ir/c1-24-14-22-25(15-24)21-13-7-5-11-19(21)23-18-10-4-2-8-16(18)17-9-3-6-12-20(17)26(22)23;1-15-11-16(12-7-3-2-4-8-12)14-10-6-5-9-13(14)15;/h2-12,14-15H,1H3;2-7,9-11H,1H3;/q2*-2;. The van der Waals surface area contributed by atoms with E-state index in [0.717, 1.165) is 11.4 Å². The van der Waals surface area contributed by atoms with Crippen molar-refractivity contribution in [3.05, 3.63) is 153 Å². The summed E-state index contributed by atoms with van der Waals surface area (Å²) in [6.07, 6.45) is 2.20. The quantitative estimate of drug-likeness (QED) is 0.156. The molecule has 0 aliphatic carbocycles. The summed E-state index contributed by atoms with van der Waals surface area (Å²) in [6.45, 7) is 4.37. The van der Waals surface area contributed by atoms with E-state index < -0.39 is 0 Å². The molecule has 0 saturated carbocycles.